The van der Waals surface area contributed by atoms with Gasteiger partial charge in [0.05, 0.1) is 10.9 Å². The maximum atomic E-state index is 12.7. The second-order valence-corrected chi connectivity index (χ2v) is 6.61. The van der Waals surface area contributed by atoms with Gasteiger partial charge in [-0.25, -0.2) is 9.78 Å². The van der Waals surface area contributed by atoms with Crippen molar-refractivity contribution in [3.05, 3.63) is 32.0 Å². The first-order chi connectivity index (χ1) is 11.7. The summed E-state index contributed by atoms with van der Waals surface area (Å²) in [6.45, 7) is 6.42. The number of fused-ring (bicyclic) bond motifs is 1. The van der Waals surface area contributed by atoms with Crippen molar-refractivity contribution in [2.24, 2.45) is 20.0 Å². The summed E-state index contributed by atoms with van der Waals surface area (Å²) in [4.78, 5) is 41.7. The van der Waals surface area contributed by atoms with Crippen molar-refractivity contribution in [1.29, 1.82) is 0 Å². The van der Waals surface area contributed by atoms with Gasteiger partial charge in [-0.15, -0.1) is 0 Å². The average Bonchev–Trinajstić information content (AvgIpc) is 2.55. The number of nitrogens with one attached hydrogen (secondary N) is 1. The van der Waals surface area contributed by atoms with Crippen LogP contribution in [-0.2, 0) is 20.5 Å². The summed E-state index contributed by atoms with van der Waals surface area (Å²) >= 11 is 0. The van der Waals surface area contributed by atoms with Crippen LogP contribution in [0.1, 0.15) is 43.1 Å². The molecule has 0 aromatic carbocycles. The quantitative estimate of drug-likeness (QED) is 0.820. The van der Waals surface area contributed by atoms with Gasteiger partial charge in [-0.2, -0.15) is 0 Å². The Kier molecular flexibility index (Phi) is 5.30. The number of carbonyl (C=O) groups is 1. The number of hydrogen-bond acceptors (Lipinski definition) is 5. The molecule has 25 heavy (non-hydrogen) atoms. The van der Waals surface area contributed by atoms with Gasteiger partial charge in [0.2, 0.25) is 0 Å². The zero-order valence-corrected chi connectivity index (χ0v) is 15.3. The number of nitrogens with zero attached hydrogens (tertiary/aromatic N) is 3. The number of carbonyl (C=O) groups excluding carboxylic acids is 1. The van der Waals surface area contributed by atoms with Gasteiger partial charge < -0.3 is 11.1 Å². The molecule has 2 aromatic rings. The van der Waals surface area contributed by atoms with Crippen LogP contribution >= 0.6 is 0 Å². The van der Waals surface area contributed by atoms with E-state index in [1.54, 1.807) is 0 Å². The lowest BCUT2D eigenvalue weighted by Gasteiger charge is -2.16. The molecule has 2 aromatic heterocycles. The third-order valence-corrected chi connectivity index (χ3v) is 4.12. The maximum absolute atomic E-state index is 12.7. The number of aromatic nitrogens is 3. The predicted molar refractivity (Wildman–Crippen MR) is 97.8 cm³/mol. The van der Waals surface area contributed by atoms with Crippen molar-refractivity contribution in [3.63, 3.8) is 0 Å². The van der Waals surface area contributed by atoms with Crippen molar-refractivity contribution in [2.75, 3.05) is 12.3 Å². The molecule has 8 nitrogen and oxygen atoms in total. The van der Waals surface area contributed by atoms with Gasteiger partial charge in [0.15, 0.2) is 5.65 Å². The lowest BCUT2D eigenvalue weighted by atomic mass is 9.99. The summed E-state index contributed by atoms with van der Waals surface area (Å²) in [6, 6.07) is 0. The minimum atomic E-state index is -0.483. The Morgan fingerprint density at radius 3 is 2.44 bits per heavy atom. The van der Waals surface area contributed by atoms with Crippen LogP contribution in [0.4, 0.5) is 5.82 Å². The van der Waals surface area contributed by atoms with Crippen LogP contribution < -0.4 is 22.3 Å². The van der Waals surface area contributed by atoms with Crippen molar-refractivity contribution in [1.82, 2.24) is 19.4 Å². The Morgan fingerprint density at radius 1 is 1.24 bits per heavy atom. The first kappa shape index (κ1) is 18.7. The van der Waals surface area contributed by atoms with Gasteiger partial charge in [0.25, 0.3) is 11.5 Å². The van der Waals surface area contributed by atoms with Crippen LogP contribution in [-0.4, -0.2) is 26.6 Å². The number of amides is 1. The van der Waals surface area contributed by atoms with E-state index in [1.807, 2.05) is 20.8 Å². The van der Waals surface area contributed by atoms with Crippen molar-refractivity contribution in [2.45, 2.75) is 33.6 Å². The van der Waals surface area contributed by atoms with E-state index in [0.29, 0.717) is 18.5 Å². The molecule has 136 valence electrons. The fourth-order valence-corrected chi connectivity index (χ4v) is 2.82. The van der Waals surface area contributed by atoms with E-state index in [2.05, 4.69) is 10.3 Å². The van der Waals surface area contributed by atoms with E-state index in [1.165, 1.54) is 18.7 Å². The van der Waals surface area contributed by atoms with Crippen LogP contribution in [0.3, 0.4) is 0 Å². The molecule has 3 N–H and O–H groups in total. The Morgan fingerprint density at radius 2 is 1.88 bits per heavy atom. The number of rotatable bonds is 5. The molecule has 2 rings (SSSR count). The monoisotopic (exact) mass is 347 g/mol. The van der Waals surface area contributed by atoms with E-state index in [4.69, 9.17) is 5.73 Å². The summed E-state index contributed by atoms with van der Waals surface area (Å²) in [5.41, 5.74) is 6.06. The molecule has 0 saturated heterocycles. The number of anilines is 1. The third kappa shape index (κ3) is 3.29. The molecule has 0 atom stereocenters. The minimum absolute atomic E-state index is 0.0282. The van der Waals surface area contributed by atoms with Crippen LogP contribution in [0.15, 0.2) is 9.59 Å². The predicted octanol–water partition coefficient (Wildman–Crippen LogP) is 0.553. The molecule has 0 bridgehead atoms. The first-order valence-electron chi connectivity index (χ1n) is 8.36. The molecule has 0 radical (unpaired) electrons. The zero-order chi connectivity index (χ0) is 18.9. The van der Waals surface area contributed by atoms with Gasteiger partial charge >= 0.3 is 5.69 Å². The lowest BCUT2D eigenvalue weighted by molar-refractivity contribution is 0.0949. The average molecular weight is 347 g/mol. The van der Waals surface area contributed by atoms with E-state index >= 15 is 0 Å². The van der Waals surface area contributed by atoms with Crippen molar-refractivity contribution in [3.8, 4) is 0 Å². The second kappa shape index (κ2) is 7.08. The smallest absolute Gasteiger partial charge is 0.332 e. The maximum Gasteiger partial charge on any atom is 0.332 e. The highest BCUT2D eigenvalue weighted by Gasteiger charge is 2.23. The Balaban J connectivity index is 2.86. The normalized spacial score (nSPS) is 11.3. The summed E-state index contributed by atoms with van der Waals surface area (Å²) in [5, 5.41) is 3.10. The SMILES string of the molecule is CCCc1c(C(=O)NCC(C)C)c(N)nc2c1c(=O)n(C)c(=O)n2C. The largest absolute Gasteiger partial charge is 0.383 e. The van der Waals surface area contributed by atoms with Gasteiger partial charge in [-0.1, -0.05) is 27.2 Å². The zero-order valence-electron chi connectivity index (χ0n) is 15.3. The van der Waals surface area contributed by atoms with E-state index in [-0.39, 0.29) is 34.2 Å². The van der Waals surface area contributed by atoms with Crippen LogP contribution in [0, 0.1) is 5.92 Å². The summed E-state index contributed by atoms with van der Waals surface area (Å²) in [7, 11) is 2.94. The van der Waals surface area contributed by atoms with Gasteiger partial charge in [0.1, 0.15) is 5.82 Å². The number of nitrogens with two attached hydrogens (primary N) is 1. The van der Waals surface area contributed by atoms with E-state index in [9.17, 15) is 14.4 Å². The fraction of sp³-hybridized carbons (Fsp3) is 0.529. The number of nitrogen functional groups attached to an aromatic ring is 1. The van der Waals surface area contributed by atoms with Gasteiger partial charge in [-0.05, 0) is 17.9 Å². The van der Waals surface area contributed by atoms with Crippen LogP contribution in [0.2, 0.25) is 0 Å². The highest BCUT2D eigenvalue weighted by atomic mass is 16.2. The topological polar surface area (TPSA) is 112 Å². The molecule has 8 heteroatoms. The number of aryl methyl sites for hydroxylation is 2. The summed E-state index contributed by atoms with van der Waals surface area (Å²) in [5.74, 6) is -0.0395. The molecule has 2 heterocycles. The lowest BCUT2D eigenvalue weighted by Crippen LogP contribution is -2.38. The van der Waals surface area contributed by atoms with Gasteiger partial charge in [-0.3, -0.25) is 18.7 Å². The molecule has 0 saturated carbocycles. The molecular formula is C17H25N5O3. The standard InChI is InChI=1S/C17H25N5O3/c1-6-7-10-11(15(23)19-8-9(2)3)13(18)20-14-12(10)16(24)22(5)17(25)21(14)4/h9H,6-8H2,1-5H3,(H2,18,20)(H,19,23). The highest BCUT2D eigenvalue weighted by molar-refractivity contribution is 6.04. The van der Waals surface area contributed by atoms with Crippen molar-refractivity contribution < 1.29 is 4.79 Å². The first-order valence-corrected chi connectivity index (χ1v) is 8.36. The molecule has 0 fully saturated rings. The molecular weight excluding hydrogens is 322 g/mol. The second-order valence-electron chi connectivity index (χ2n) is 6.61. The Bertz CT molecular complexity index is 940. The molecule has 0 aliphatic carbocycles. The number of hydrogen-bond donors (Lipinski definition) is 2. The number of pyridine rings is 1. The molecule has 0 unspecified atom stereocenters. The van der Waals surface area contributed by atoms with E-state index < -0.39 is 11.2 Å². The third-order valence-electron chi connectivity index (χ3n) is 4.12. The Labute approximate surface area is 145 Å². The Hall–Kier alpha value is -2.64. The summed E-state index contributed by atoms with van der Waals surface area (Å²) in [6.07, 6.45) is 1.20. The highest BCUT2D eigenvalue weighted by Crippen LogP contribution is 2.23. The van der Waals surface area contributed by atoms with Crippen molar-refractivity contribution >= 4 is 22.8 Å². The molecule has 0 aliphatic heterocycles. The fourth-order valence-electron chi connectivity index (χ4n) is 2.82. The summed E-state index contributed by atoms with van der Waals surface area (Å²) < 4.78 is 2.30. The van der Waals surface area contributed by atoms with Crippen LogP contribution in [0.5, 0.6) is 0 Å². The molecule has 0 spiro atoms. The van der Waals surface area contributed by atoms with Gasteiger partial charge in [0, 0.05) is 20.6 Å². The molecule has 0 aliphatic rings. The minimum Gasteiger partial charge on any atom is -0.383 e. The van der Waals surface area contributed by atoms with E-state index in [0.717, 1.165) is 11.0 Å². The van der Waals surface area contributed by atoms with Crippen LogP contribution in [0.25, 0.3) is 11.0 Å². The molecule has 1 amide bonds.